The highest BCUT2D eigenvalue weighted by molar-refractivity contribution is 6.15. The average Bonchev–Trinajstić information content (AvgIpc) is 3.30. The second-order valence-electron chi connectivity index (χ2n) is 7.51. The van der Waals surface area contributed by atoms with Gasteiger partial charge in [-0.2, -0.15) is 0 Å². The Morgan fingerprint density at radius 2 is 1.70 bits per heavy atom. The van der Waals surface area contributed by atoms with Crippen molar-refractivity contribution < 1.29 is 14.3 Å². The number of nitrogens with one attached hydrogen (secondary N) is 1. The van der Waals surface area contributed by atoms with Gasteiger partial charge in [0.05, 0.1) is 18.6 Å². The lowest BCUT2D eigenvalue weighted by atomic mass is 10.0. The Kier molecular flexibility index (Phi) is 5.98. The van der Waals surface area contributed by atoms with E-state index in [-0.39, 0.29) is 11.8 Å². The smallest absolute Gasteiger partial charge is 0.260 e. The molecule has 0 radical (unpaired) electrons. The first-order valence-corrected chi connectivity index (χ1v) is 10.5. The minimum Gasteiger partial charge on any atom is -0.493 e. The summed E-state index contributed by atoms with van der Waals surface area (Å²) in [6.45, 7) is 4.11. The first-order valence-electron chi connectivity index (χ1n) is 10.5. The van der Waals surface area contributed by atoms with Crippen molar-refractivity contribution in [2.45, 2.75) is 26.2 Å². The molecule has 0 unspecified atom stereocenters. The van der Waals surface area contributed by atoms with Crippen LogP contribution in [-0.4, -0.2) is 36.4 Å². The van der Waals surface area contributed by atoms with Gasteiger partial charge in [0.2, 0.25) is 5.91 Å². The Hall–Kier alpha value is -3.34. The molecular formula is C25H26N2O3. The molecule has 3 aromatic carbocycles. The number of carbonyl (C=O) groups excluding carboxylic acids is 2. The van der Waals surface area contributed by atoms with Crippen molar-refractivity contribution in [2.75, 3.05) is 25.0 Å². The number of carbonyl (C=O) groups is 2. The quantitative estimate of drug-likeness (QED) is 0.653. The number of nitrogens with zero attached hydrogens (tertiary/aromatic N) is 1. The second-order valence-corrected chi connectivity index (χ2v) is 7.51. The van der Waals surface area contributed by atoms with Crippen molar-refractivity contribution in [1.29, 1.82) is 0 Å². The van der Waals surface area contributed by atoms with E-state index in [2.05, 4.69) is 5.32 Å². The van der Waals surface area contributed by atoms with Crippen LogP contribution in [0.15, 0.2) is 60.7 Å². The first kappa shape index (κ1) is 20.0. The SMILES string of the molecule is CCOc1ccc2ccccc2c1C(=O)Nc1ccc(CC(=O)N2CCCC2)cc1. The minimum atomic E-state index is -0.212. The molecule has 1 N–H and O–H groups in total. The van der Waals surface area contributed by atoms with Crippen LogP contribution in [0.5, 0.6) is 5.75 Å². The highest BCUT2D eigenvalue weighted by atomic mass is 16.5. The molecule has 0 saturated carbocycles. The van der Waals surface area contributed by atoms with Gasteiger partial charge >= 0.3 is 0 Å². The molecule has 1 aliphatic heterocycles. The van der Waals surface area contributed by atoms with Gasteiger partial charge in [-0.3, -0.25) is 9.59 Å². The van der Waals surface area contributed by atoms with Gasteiger partial charge in [0.15, 0.2) is 0 Å². The second kappa shape index (κ2) is 8.99. The number of anilines is 1. The molecule has 4 rings (SSSR count). The van der Waals surface area contributed by atoms with Crippen molar-refractivity contribution in [3.8, 4) is 5.75 Å². The molecule has 0 bridgehead atoms. The highest BCUT2D eigenvalue weighted by Crippen LogP contribution is 2.29. The number of amides is 2. The zero-order valence-electron chi connectivity index (χ0n) is 17.2. The van der Waals surface area contributed by atoms with Crippen LogP contribution in [0.1, 0.15) is 35.7 Å². The van der Waals surface area contributed by atoms with E-state index in [4.69, 9.17) is 4.74 Å². The van der Waals surface area contributed by atoms with Crippen molar-refractivity contribution in [3.05, 3.63) is 71.8 Å². The first-order chi connectivity index (χ1) is 14.7. The Balaban J connectivity index is 1.51. The number of hydrogen-bond donors (Lipinski definition) is 1. The van der Waals surface area contributed by atoms with Gasteiger partial charge in [0.1, 0.15) is 5.75 Å². The summed E-state index contributed by atoms with van der Waals surface area (Å²) in [7, 11) is 0. The van der Waals surface area contributed by atoms with Gasteiger partial charge in [0, 0.05) is 18.8 Å². The van der Waals surface area contributed by atoms with E-state index >= 15 is 0 Å². The van der Waals surface area contributed by atoms with Gasteiger partial charge < -0.3 is 15.0 Å². The third-order valence-electron chi connectivity index (χ3n) is 5.44. The number of benzene rings is 3. The van der Waals surface area contributed by atoms with Crippen LogP contribution in [0, 0.1) is 0 Å². The fraction of sp³-hybridized carbons (Fsp3) is 0.280. The molecule has 5 nitrogen and oxygen atoms in total. The molecule has 1 saturated heterocycles. The lowest BCUT2D eigenvalue weighted by Crippen LogP contribution is -2.29. The molecule has 1 fully saturated rings. The van der Waals surface area contributed by atoms with Crippen molar-refractivity contribution >= 4 is 28.3 Å². The van der Waals surface area contributed by atoms with Gasteiger partial charge in [-0.25, -0.2) is 0 Å². The third kappa shape index (κ3) is 4.30. The summed E-state index contributed by atoms with van der Waals surface area (Å²) in [6.07, 6.45) is 2.58. The summed E-state index contributed by atoms with van der Waals surface area (Å²) < 4.78 is 5.71. The van der Waals surface area contributed by atoms with E-state index < -0.39 is 0 Å². The fourth-order valence-corrected chi connectivity index (χ4v) is 3.91. The fourth-order valence-electron chi connectivity index (χ4n) is 3.91. The number of ether oxygens (including phenoxy) is 1. The molecule has 0 spiro atoms. The van der Waals surface area contributed by atoms with Crippen molar-refractivity contribution in [2.24, 2.45) is 0 Å². The summed E-state index contributed by atoms with van der Waals surface area (Å²) in [5, 5.41) is 4.81. The molecule has 0 aromatic heterocycles. The summed E-state index contributed by atoms with van der Waals surface area (Å²) in [4.78, 5) is 27.4. The number of hydrogen-bond acceptors (Lipinski definition) is 3. The molecule has 1 aliphatic rings. The van der Waals surface area contributed by atoms with Crippen LogP contribution in [0.2, 0.25) is 0 Å². The molecule has 3 aromatic rings. The standard InChI is InChI=1S/C25H26N2O3/c1-2-30-22-14-11-19-7-3-4-8-21(19)24(22)25(29)26-20-12-9-18(10-13-20)17-23(28)27-15-5-6-16-27/h3-4,7-14H,2,5-6,15-17H2,1H3,(H,26,29). The topological polar surface area (TPSA) is 58.6 Å². The largest absolute Gasteiger partial charge is 0.493 e. The zero-order valence-corrected chi connectivity index (χ0v) is 17.2. The van der Waals surface area contributed by atoms with Gasteiger partial charge in [-0.15, -0.1) is 0 Å². The predicted octanol–water partition coefficient (Wildman–Crippen LogP) is 4.66. The minimum absolute atomic E-state index is 0.168. The summed E-state index contributed by atoms with van der Waals surface area (Å²) >= 11 is 0. The third-order valence-corrected chi connectivity index (χ3v) is 5.44. The predicted molar refractivity (Wildman–Crippen MR) is 119 cm³/mol. The van der Waals surface area contributed by atoms with Crippen LogP contribution in [0.25, 0.3) is 10.8 Å². The van der Waals surface area contributed by atoms with E-state index in [1.165, 1.54) is 0 Å². The number of rotatable bonds is 6. The van der Waals surface area contributed by atoms with Gasteiger partial charge in [-0.1, -0.05) is 42.5 Å². The van der Waals surface area contributed by atoms with E-state index in [1.54, 1.807) is 0 Å². The summed E-state index contributed by atoms with van der Waals surface area (Å²) in [5.41, 5.74) is 2.17. The van der Waals surface area contributed by atoms with Gasteiger partial charge in [-0.05, 0) is 54.3 Å². The van der Waals surface area contributed by atoms with Crippen molar-refractivity contribution in [1.82, 2.24) is 4.90 Å². The Morgan fingerprint density at radius 1 is 0.967 bits per heavy atom. The van der Waals surface area contributed by atoms with Crippen LogP contribution in [0.4, 0.5) is 5.69 Å². The lowest BCUT2D eigenvalue weighted by Gasteiger charge is -2.15. The lowest BCUT2D eigenvalue weighted by molar-refractivity contribution is -0.129. The molecule has 2 amide bonds. The van der Waals surface area contributed by atoms with Gasteiger partial charge in [0.25, 0.3) is 5.91 Å². The van der Waals surface area contributed by atoms with Crippen LogP contribution < -0.4 is 10.1 Å². The normalized spacial score (nSPS) is 13.4. The zero-order chi connectivity index (χ0) is 20.9. The average molecular weight is 402 g/mol. The van der Waals surface area contributed by atoms with E-state index in [0.29, 0.717) is 30.0 Å². The van der Waals surface area contributed by atoms with E-state index in [0.717, 1.165) is 42.3 Å². The number of likely N-dealkylation sites (tertiary alicyclic amines) is 1. The highest BCUT2D eigenvalue weighted by Gasteiger charge is 2.19. The molecule has 154 valence electrons. The number of fused-ring (bicyclic) bond motifs is 1. The Morgan fingerprint density at radius 3 is 2.43 bits per heavy atom. The summed E-state index contributed by atoms with van der Waals surface area (Å²) in [6, 6.07) is 19.1. The maximum atomic E-state index is 13.1. The monoisotopic (exact) mass is 402 g/mol. The van der Waals surface area contributed by atoms with Crippen molar-refractivity contribution in [3.63, 3.8) is 0 Å². The Labute approximate surface area is 176 Å². The summed E-state index contributed by atoms with van der Waals surface area (Å²) in [5.74, 6) is 0.527. The Bertz CT molecular complexity index is 1050. The molecule has 5 heteroatoms. The molecular weight excluding hydrogens is 376 g/mol. The molecule has 30 heavy (non-hydrogen) atoms. The molecule has 0 atom stereocenters. The van der Waals surface area contributed by atoms with E-state index in [1.807, 2.05) is 72.5 Å². The van der Waals surface area contributed by atoms with Crippen LogP contribution in [0.3, 0.4) is 0 Å². The molecule has 0 aliphatic carbocycles. The maximum absolute atomic E-state index is 13.1. The maximum Gasteiger partial charge on any atom is 0.260 e. The van der Waals surface area contributed by atoms with E-state index in [9.17, 15) is 9.59 Å². The van der Waals surface area contributed by atoms with Crippen LogP contribution in [-0.2, 0) is 11.2 Å². The molecule has 1 heterocycles. The van der Waals surface area contributed by atoms with Crippen LogP contribution >= 0.6 is 0 Å².